The van der Waals surface area contributed by atoms with Crippen molar-refractivity contribution >= 4 is 5.69 Å². The van der Waals surface area contributed by atoms with Crippen LogP contribution in [0.1, 0.15) is 33.7 Å². The molecule has 4 rings (SSSR count). The van der Waals surface area contributed by atoms with E-state index in [1.54, 1.807) is 0 Å². The molecule has 29 heavy (non-hydrogen) atoms. The summed E-state index contributed by atoms with van der Waals surface area (Å²) in [4.78, 5) is 8.12. The van der Waals surface area contributed by atoms with Gasteiger partial charge in [-0.05, 0) is 63.4 Å². The van der Waals surface area contributed by atoms with Crippen LogP contribution in [0.25, 0.3) is 22.6 Å². The fourth-order valence-electron chi connectivity index (χ4n) is 3.62. The first-order chi connectivity index (χ1) is 13.9. The molecule has 0 saturated heterocycles. The van der Waals surface area contributed by atoms with E-state index in [9.17, 15) is 0 Å². The van der Waals surface area contributed by atoms with E-state index in [2.05, 4.69) is 77.6 Å². The van der Waals surface area contributed by atoms with Gasteiger partial charge in [0, 0.05) is 28.9 Å². The number of hydrogen-bond acceptors (Lipinski definition) is 4. The van der Waals surface area contributed by atoms with Crippen LogP contribution in [0.15, 0.2) is 47.1 Å². The van der Waals surface area contributed by atoms with Gasteiger partial charge in [0.25, 0.3) is 0 Å². The van der Waals surface area contributed by atoms with Gasteiger partial charge in [-0.1, -0.05) is 29.4 Å². The van der Waals surface area contributed by atoms with Crippen molar-refractivity contribution < 1.29 is 4.52 Å². The molecule has 0 saturated carbocycles. The van der Waals surface area contributed by atoms with E-state index < -0.39 is 0 Å². The number of nitrogens with one attached hydrogen (secondary N) is 2. The van der Waals surface area contributed by atoms with Crippen molar-refractivity contribution in [3.63, 3.8) is 0 Å². The van der Waals surface area contributed by atoms with E-state index in [1.165, 1.54) is 16.7 Å². The van der Waals surface area contributed by atoms with Gasteiger partial charge in [-0.25, -0.2) is 4.98 Å². The van der Waals surface area contributed by atoms with E-state index in [4.69, 9.17) is 4.52 Å². The van der Waals surface area contributed by atoms with Crippen LogP contribution in [0.3, 0.4) is 0 Å². The van der Waals surface area contributed by atoms with Crippen LogP contribution in [-0.2, 0) is 6.54 Å². The molecule has 2 aromatic carbocycles. The Morgan fingerprint density at radius 2 is 1.79 bits per heavy atom. The van der Waals surface area contributed by atoms with Crippen LogP contribution in [0.4, 0.5) is 5.69 Å². The Hall–Kier alpha value is -3.34. The Bertz CT molecular complexity index is 1150. The summed E-state index contributed by atoms with van der Waals surface area (Å²) in [6.45, 7) is 11.0. The van der Waals surface area contributed by atoms with Gasteiger partial charge in [0.15, 0.2) is 0 Å². The summed E-state index contributed by atoms with van der Waals surface area (Å²) < 4.78 is 5.24. The Kier molecular flexibility index (Phi) is 4.97. The van der Waals surface area contributed by atoms with Crippen molar-refractivity contribution in [1.82, 2.24) is 15.1 Å². The number of aromatic amines is 1. The van der Waals surface area contributed by atoms with E-state index in [1.807, 2.05) is 20.0 Å². The summed E-state index contributed by atoms with van der Waals surface area (Å²) in [5.74, 6) is 1.76. The molecule has 0 bridgehead atoms. The number of hydrogen-bond donors (Lipinski definition) is 2. The van der Waals surface area contributed by atoms with Gasteiger partial charge in [-0.15, -0.1) is 0 Å². The SMILES string of the molecule is Cc1cc(NCc2c(C)noc2C)ccc1-c1cnc(-c2cccc(C)c2C)[nH]1. The molecule has 4 aromatic rings. The Morgan fingerprint density at radius 3 is 2.52 bits per heavy atom. The summed E-state index contributed by atoms with van der Waals surface area (Å²) in [5.41, 5.74) is 10.1. The summed E-state index contributed by atoms with van der Waals surface area (Å²) in [5, 5.41) is 7.48. The first-order valence-corrected chi connectivity index (χ1v) is 9.82. The first kappa shape index (κ1) is 19.0. The molecule has 0 aliphatic heterocycles. The maximum atomic E-state index is 5.24. The first-order valence-electron chi connectivity index (χ1n) is 9.82. The zero-order chi connectivity index (χ0) is 20.5. The zero-order valence-corrected chi connectivity index (χ0v) is 17.6. The highest BCUT2D eigenvalue weighted by atomic mass is 16.5. The normalized spacial score (nSPS) is 11.1. The third-order valence-corrected chi connectivity index (χ3v) is 5.60. The van der Waals surface area contributed by atoms with Gasteiger partial charge >= 0.3 is 0 Å². The third-order valence-electron chi connectivity index (χ3n) is 5.60. The summed E-state index contributed by atoms with van der Waals surface area (Å²) >= 11 is 0. The lowest BCUT2D eigenvalue weighted by atomic mass is 10.0. The van der Waals surface area contributed by atoms with Crippen LogP contribution >= 0.6 is 0 Å². The van der Waals surface area contributed by atoms with Crippen molar-refractivity contribution in [2.24, 2.45) is 0 Å². The molecule has 0 aliphatic rings. The van der Waals surface area contributed by atoms with Crippen LogP contribution in [-0.4, -0.2) is 15.1 Å². The number of benzene rings is 2. The molecule has 0 unspecified atom stereocenters. The smallest absolute Gasteiger partial charge is 0.138 e. The van der Waals surface area contributed by atoms with Crippen molar-refractivity contribution in [2.75, 3.05) is 5.32 Å². The van der Waals surface area contributed by atoms with Gasteiger partial charge in [0.05, 0.1) is 17.6 Å². The van der Waals surface area contributed by atoms with E-state index in [-0.39, 0.29) is 0 Å². The molecule has 0 aliphatic carbocycles. The summed E-state index contributed by atoms with van der Waals surface area (Å²) in [7, 11) is 0. The molecular formula is C24H26N4O. The van der Waals surface area contributed by atoms with Gasteiger partial charge in [-0.2, -0.15) is 0 Å². The van der Waals surface area contributed by atoms with Crippen LogP contribution in [0, 0.1) is 34.6 Å². The molecule has 0 atom stereocenters. The number of H-pyrrole nitrogens is 1. The molecule has 2 heterocycles. The summed E-state index contributed by atoms with van der Waals surface area (Å²) in [6.07, 6.45) is 1.91. The molecule has 0 amide bonds. The minimum Gasteiger partial charge on any atom is -0.381 e. The lowest BCUT2D eigenvalue weighted by Gasteiger charge is -2.10. The maximum Gasteiger partial charge on any atom is 0.138 e. The van der Waals surface area contributed by atoms with Gasteiger partial charge in [0.2, 0.25) is 0 Å². The Balaban J connectivity index is 1.56. The second-order valence-electron chi connectivity index (χ2n) is 7.58. The number of rotatable bonds is 5. The average molecular weight is 386 g/mol. The predicted molar refractivity (Wildman–Crippen MR) is 117 cm³/mol. The number of anilines is 1. The molecule has 5 nitrogen and oxygen atoms in total. The zero-order valence-electron chi connectivity index (χ0n) is 17.6. The molecule has 2 N–H and O–H groups in total. The quantitative estimate of drug-likeness (QED) is 0.449. The van der Waals surface area contributed by atoms with Gasteiger partial charge in [-0.3, -0.25) is 0 Å². The fraction of sp³-hybridized carbons (Fsp3) is 0.250. The highest BCUT2D eigenvalue weighted by molar-refractivity contribution is 5.70. The number of aryl methyl sites for hydroxylation is 4. The Morgan fingerprint density at radius 1 is 0.966 bits per heavy atom. The van der Waals surface area contributed by atoms with E-state index in [0.29, 0.717) is 6.54 Å². The van der Waals surface area contributed by atoms with Gasteiger partial charge in [0.1, 0.15) is 11.6 Å². The second kappa shape index (κ2) is 7.59. The largest absolute Gasteiger partial charge is 0.381 e. The lowest BCUT2D eigenvalue weighted by Crippen LogP contribution is -2.01. The molecule has 0 fully saturated rings. The third kappa shape index (κ3) is 3.68. The molecule has 148 valence electrons. The topological polar surface area (TPSA) is 66.7 Å². The average Bonchev–Trinajstić information content (AvgIpc) is 3.30. The van der Waals surface area contributed by atoms with Crippen molar-refractivity contribution in [2.45, 2.75) is 41.2 Å². The molecular weight excluding hydrogens is 360 g/mol. The molecule has 2 aromatic heterocycles. The molecule has 0 spiro atoms. The number of imidazole rings is 1. The minimum absolute atomic E-state index is 0.695. The standard InChI is InChI=1S/C24H26N4O/c1-14-7-6-8-21(16(14)3)24-26-13-23(27-24)20-10-9-19(11-15(20)2)25-12-22-17(4)28-29-18(22)5/h6-11,13,25H,12H2,1-5H3,(H,26,27). The maximum absolute atomic E-state index is 5.24. The second-order valence-corrected chi connectivity index (χ2v) is 7.58. The highest BCUT2D eigenvalue weighted by Gasteiger charge is 2.12. The van der Waals surface area contributed by atoms with Crippen molar-refractivity contribution in [3.8, 4) is 22.6 Å². The van der Waals surface area contributed by atoms with Crippen LogP contribution < -0.4 is 5.32 Å². The summed E-state index contributed by atoms with van der Waals surface area (Å²) in [6, 6.07) is 12.7. The molecule has 0 radical (unpaired) electrons. The lowest BCUT2D eigenvalue weighted by molar-refractivity contribution is 0.392. The molecule has 5 heteroatoms. The minimum atomic E-state index is 0.695. The number of nitrogens with zero attached hydrogens (tertiary/aromatic N) is 2. The monoisotopic (exact) mass is 386 g/mol. The van der Waals surface area contributed by atoms with Crippen LogP contribution in [0.5, 0.6) is 0 Å². The highest BCUT2D eigenvalue weighted by Crippen LogP contribution is 2.29. The predicted octanol–water partition coefficient (Wildman–Crippen LogP) is 5.89. The fourth-order valence-corrected chi connectivity index (χ4v) is 3.62. The van der Waals surface area contributed by atoms with Crippen molar-refractivity contribution in [3.05, 3.63) is 76.3 Å². The van der Waals surface area contributed by atoms with Crippen LogP contribution in [0.2, 0.25) is 0 Å². The van der Waals surface area contributed by atoms with Crippen molar-refractivity contribution in [1.29, 1.82) is 0 Å². The Labute approximate surface area is 171 Å². The number of aromatic nitrogens is 3. The van der Waals surface area contributed by atoms with Gasteiger partial charge < -0.3 is 14.8 Å². The van der Waals surface area contributed by atoms with E-state index in [0.717, 1.165) is 45.4 Å². The van der Waals surface area contributed by atoms with E-state index >= 15 is 0 Å².